The fourth-order valence-electron chi connectivity index (χ4n) is 3.31. The van der Waals surface area contributed by atoms with Crippen LogP contribution in [0, 0.1) is 6.92 Å². The number of para-hydroxylation sites is 1. The van der Waals surface area contributed by atoms with Gasteiger partial charge in [-0.15, -0.1) is 0 Å². The van der Waals surface area contributed by atoms with Gasteiger partial charge in [0.25, 0.3) is 0 Å². The number of hydrogen-bond donors (Lipinski definition) is 1. The highest BCUT2D eigenvalue weighted by atomic mass is 16.1. The maximum Gasteiger partial charge on any atom is 0.189 e. The summed E-state index contributed by atoms with van der Waals surface area (Å²) in [5.41, 5.74) is 6.30. The lowest BCUT2D eigenvalue weighted by molar-refractivity contribution is 0.102. The molecule has 1 aliphatic carbocycles. The fraction of sp³-hybridized carbons (Fsp3) is 0.150. The SMILES string of the molecule is Cc1[nH]c2ccccc2c1/C=C1/CCc2ccccc2C1=O. The summed E-state index contributed by atoms with van der Waals surface area (Å²) in [6.45, 7) is 2.06. The van der Waals surface area contributed by atoms with E-state index in [4.69, 9.17) is 0 Å². The first-order chi connectivity index (χ1) is 10.7. The van der Waals surface area contributed by atoms with Crippen molar-refractivity contribution in [1.82, 2.24) is 4.98 Å². The van der Waals surface area contributed by atoms with Gasteiger partial charge in [-0.25, -0.2) is 0 Å². The lowest BCUT2D eigenvalue weighted by atomic mass is 9.86. The predicted molar refractivity (Wildman–Crippen MR) is 90.1 cm³/mol. The van der Waals surface area contributed by atoms with Gasteiger partial charge in [-0.05, 0) is 37.5 Å². The largest absolute Gasteiger partial charge is 0.358 e. The molecule has 0 spiro atoms. The highest BCUT2D eigenvalue weighted by Crippen LogP contribution is 2.30. The van der Waals surface area contributed by atoms with Crippen LogP contribution >= 0.6 is 0 Å². The molecule has 2 nitrogen and oxygen atoms in total. The smallest absolute Gasteiger partial charge is 0.189 e. The summed E-state index contributed by atoms with van der Waals surface area (Å²) in [4.78, 5) is 16.1. The van der Waals surface area contributed by atoms with Crippen LogP contribution in [0.3, 0.4) is 0 Å². The minimum atomic E-state index is 0.173. The van der Waals surface area contributed by atoms with Crippen molar-refractivity contribution in [1.29, 1.82) is 0 Å². The number of aryl methyl sites for hydroxylation is 2. The van der Waals surface area contributed by atoms with Gasteiger partial charge < -0.3 is 4.98 Å². The molecule has 0 unspecified atom stereocenters. The van der Waals surface area contributed by atoms with Gasteiger partial charge in [-0.2, -0.15) is 0 Å². The lowest BCUT2D eigenvalue weighted by Crippen LogP contribution is -2.13. The molecule has 0 atom stereocenters. The second-order valence-electron chi connectivity index (χ2n) is 5.87. The van der Waals surface area contributed by atoms with Crippen molar-refractivity contribution in [3.63, 3.8) is 0 Å². The number of benzene rings is 2. The average Bonchev–Trinajstić information content (AvgIpc) is 2.86. The highest BCUT2D eigenvalue weighted by molar-refractivity contribution is 6.14. The first kappa shape index (κ1) is 13.1. The molecule has 0 bridgehead atoms. The summed E-state index contributed by atoms with van der Waals surface area (Å²) in [6, 6.07) is 16.2. The van der Waals surface area contributed by atoms with Crippen LogP contribution in [0.2, 0.25) is 0 Å². The molecule has 0 radical (unpaired) electrons. The highest BCUT2D eigenvalue weighted by Gasteiger charge is 2.21. The number of nitrogens with one attached hydrogen (secondary N) is 1. The summed E-state index contributed by atoms with van der Waals surface area (Å²) in [5, 5.41) is 1.18. The van der Waals surface area contributed by atoms with Gasteiger partial charge in [-0.1, -0.05) is 42.5 Å². The van der Waals surface area contributed by atoms with E-state index in [0.717, 1.165) is 40.8 Å². The number of fused-ring (bicyclic) bond motifs is 2. The number of Topliss-reactive ketones (excluding diaryl/α,β-unsaturated/α-hetero) is 1. The zero-order valence-electron chi connectivity index (χ0n) is 12.5. The number of aromatic nitrogens is 1. The molecule has 108 valence electrons. The fourth-order valence-corrected chi connectivity index (χ4v) is 3.31. The number of ketones is 1. The van der Waals surface area contributed by atoms with Gasteiger partial charge in [0.2, 0.25) is 0 Å². The van der Waals surface area contributed by atoms with E-state index < -0.39 is 0 Å². The molecule has 3 aromatic rings. The van der Waals surface area contributed by atoms with E-state index in [1.165, 1.54) is 10.9 Å². The van der Waals surface area contributed by atoms with Gasteiger partial charge in [0.15, 0.2) is 5.78 Å². The van der Waals surface area contributed by atoms with E-state index in [0.29, 0.717) is 0 Å². The zero-order chi connectivity index (χ0) is 15.1. The molecule has 2 aromatic carbocycles. The molecule has 0 saturated carbocycles. The Morgan fingerprint density at radius 3 is 2.68 bits per heavy atom. The van der Waals surface area contributed by atoms with Crippen molar-refractivity contribution in [3.8, 4) is 0 Å². The van der Waals surface area contributed by atoms with Crippen LogP contribution < -0.4 is 0 Å². The Morgan fingerprint density at radius 2 is 1.77 bits per heavy atom. The Hall–Kier alpha value is -2.61. The Balaban J connectivity index is 1.83. The van der Waals surface area contributed by atoms with Crippen molar-refractivity contribution in [2.45, 2.75) is 19.8 Å². The minimum absolute atomic E-state index is 0.173. The molecule has 4 rings (SSSR count). The molecule has 1 N–H and O–H groups in total. The number of rotatable bonds is 1. The number of hydrogen-bond acceptors (Lipinski definition) is 1. The molecule has 0 fully saturated rings. The topological polar surface area (TPSA) is 32.9 Å². The van der Waals surface area contributed by atoms with Crippen LogP contribution in [0.15, 0.2) is 54.1 Å². The van der Waals surface area contributed by atoms with E-state index >= 15 is 0 Å². The Morgan fingerprint density at radius 1 is 1.00 bits per heavy atom. The second kappa shape index (κ2) is 4.99. The maximum absolute atomic E-state index is 12.7. The average molecular weight is 287 g/mol. The van der Waals surface area contributed by atoms with Crippen molar-refractivity contribution in [2.24, 2.45) is 0 Å². The number of aromatic amines is 1. The Kier molecular flexibility index (Phi) is 2.97. The maximum atomic E-state index is 12.7. The molecule has 0 amide bonds. The van der Waals surface area contributed by atoms with Crippen molar-refractivity contribution in [3.05, 3.63) is 76.5 Å². The summed E-state index contributed by atoms with van der Waals surface area (Å²) in [6.07, 6.45) is 3.83. The van der Waals surface area contributed by atoms with Crippen LogP contribution in [0.1, 0.15) is 33.6 Å². The first-order valence-electron chi connectivity index (χ1n) is 7.64. The molecule has 1 aliphatic rings. The predicted octanol–water partition coefficient (Wildman–Crippen LogP) is 4.69. The van der Waals surface area contributed by atoms with Gasteiger partial charge in [-0.3, -0.25) is 4.79 Å². The van der Waals surface area contributed by atoms with Gasteiger partial charge in [0, 0.05) is 33.3 Å². The Labute approximate surface area is 129 Å². The standard InChI is InChI=1S/C20H17NO/c1-13-18(17-8-4-5-9-19(17)21-13)12-15-11-10-14-6-2-3-7-16(14)20(15)22/h2-9,12,21H,10-11H2,1H3/b15-12-. The van der Waals surface area contributed by atoms with E-state index in [2.05, 4.69) is 36.2 Å². The van der Waals surface area contributed by atoms with Crippen LogP contribution in [-0.4, -0.2) is 10.8 Å². The van der Waals surface area contributed by atoms with Crippen molar-refractivity contribution in [2.75, 3.05) is 0 Å². The molecule has 0 saturated heterocycles. The molecule has 1 aromatic heterocycles. The minimum Gasteiger partial charge on any atom is -0.358 e. The van der Waals surface area contributed by atoms with Gasteiger partial charge in [0.05, 0.1) is 0 Å². The number of carbonyl (C=O) groups excluding carboxylic acids is 1. The van der Waals surface area contributed by atoms with Gasteiger partial charge in [0.1, 0.15) is 0 Å². The third-order valence-electron chi connectivity index (χ3n) is 4.48. The molecule has 2 heteroatoms. The number of carbonyl (C=O) groups is 1. The summed E-state index contributed by atoms with van der Waals surface area (Å²) >= 11 is 0. The van der Waals surface area contributed by atoms with Crippen molar-refractivity contribution >= 4 is 22.8 Å². The van der Waals surface area contributed by atoms with Crippen LogP contribution in [0.25, 0.3) is 17.0 Å². The molecule has 0 aliphatic heterocycles. The summed E-state index contributed by atoms with van der Waals surface area (Å²) in [5.74, 6) is 0.173. The molecular weight excluding hydrogens is 270 g/mol. The molecule has 1 heterocycles. The second-order valence-corrected chi connectivity index (χ2v) is 5.87. The summed E-state index contributed by atoms with van der Waals surface area (Å²) < 4.78 is 0. The molecule has 22 heavy (non-hydrogen) atoms. The normalized spacial score (nSPS) is 16.2. The van der Waals surface area contributed by atoms with Crippen molar-refractivity contribution < 1.29 is 4.79 Å². The monoisotopic (exact) mass is 287 g/mol. The van der Waals surface area contributed by atoms with E-state index in [1.807, 2.05) is 30.3 Å². The third kappa shape index (κ3) is 2.00. The Bertz CT molecular complexity index is 914. The lowest BCUT2D eigenvalue weighted by Gasteiger charge is -2.17. The van der Waals surface area contributed by atoms with E-state index in [1.54, 1.807) is 0 Å². The van der Waals surface area contributed by atoms with E-state index in [-0.39, 0.29) is 5.78 Å². The van der Waals surface area contributed by atoms with Crippen LogP contribution in [-0.2, 0) is 6.42 Å². The number of H-pyrrole nitrogens is 1. The number of allylic oxidation sites excluding steroid dienone is 1. The summed E-state index contributed by atoms with van der Waals surface area (Å²) in [7, 11) is 0. The van der Waals surface area contributed by atoms with Gasteiger partial charge >= 0.3 is 0 Å². The zero-order valence-corrected chi connectivity index (χ0v) is 12.5. The molecular formula is C20H17NO. The van der Waals surface area contributed by atoms with Crippen LogP contribution in [0.5, 0.6) is 0 Å². The van der Waals surface area contributed by atoms with E-state index in [9.17, 15) is 4.79 Å². The first-order valence-corrected chi connectivity index (χ1v) is 7.64. The van der Waals surface area contributed by atoms with Crippen LogP contribution in [0.4, 0.5) is 0 Å². The third-order valence-corrected chi connectivity index (χ3v) is 4.48. The quantitative estimate of drug-likeness (QED) is 0.647.